The first kappa shape index (κ1) is 8.47. The average Bonchev–Trinajstić information content (AvgIpc) is 1.85. The minimum Gasteiger partial charge on any atom is -0.587 e. The molecule has 1 aliphatic carbocycles. The molecular weight excluding hydrogens is 133 g/mol. The quantitative estimate of drug-likeness (QED) is 0.407. The molecule has 0 amide bonds. The molecule has 0 saturated carbocycles. The van der Waals surface area contributed by atoms with Crippen molar-refractivity contribution < 1.29 is 4.39 Å². The standard InChI is InChI=1S/C9H14BN/c1-11(2,10)8-9-6-4-3-5-7-9/h3-4,6-7H,5,8H2,1-2H3/q+1. The fraction of sp³-hybridized carbons (Fsp3) is 0.444. The lowest BCUT2D eigenvalue weighted by molar-refractivity contribution is -0.767. The topological polar surface area (TPSA) is 0 Å². The summed E-state index contributed by atoms with van der Waals surface area (Å²) in [6, 6.07) is 0. The molecule has 0 aromatic heterocycles. The summed E-state index contributed by atoms with van der Waals surface area (Å²) >= 11 is 0. The van der Waals surface area contributed by atoms with Crippen molar-refractivity contribution in [2.24, 2.45) is 0 Å². The third-order valence-corrected chi connectivity index (χ3v) is 1.55. The summed E-state index contributed by atoms with van der Waals surface area (Å²) in [5.74, 6) is 0. The molecule has 11 heavy (non-hydrogen) atoms. The van der Waals surface area contributed by atoms with Crippen molar-refractivity contribution in [2.75, 3.05) is 20.6 Å². The van der Waals surface area contributed by atoms with Gasteiger partial charge in [-0.1, -0.05) is 0 Å². The molecular formula is C9H14BN+. The Bertz CT molecular complexity index is 186. The molecule has 2 heteroatoms. The SMILES string of the molecule is [B-][N+](C)(C)CC1=CCC=C[CH+]1. The van der Waals surface area contributed by atoms with Crippen molar-refractivity contribution in [3.05, 3.63) is 30.2 Å². The Kier molecular flexibility index (Phi) is 2.45. The van der Waals surface area contributed by atoms with Gasteiger partial charge in [-0.3, -0.25) is 0 Å². The molecule has 0 aliphatic heterocycles. The number of hydrogen-bond acceptors (Lipinski definition) is 0. The largest absolute Gasteiger partial charge is 0.587 e. The van der Waals surface area contributed by atoms with Crippen molar-refractivity contribution in [1.82, 2.24) is 0 Å². The Morgan fingerprint density at radius 2 is 2.36 bits per heavy atom. The fourth-order valence-electron chi connectivity index (χ4n) is 1.15. The lowest BCUT2D eigenvalue weighted by Crippen LogP contribution is -2.38. The van der Waals surface area contributed by atoms with E-state index < -0.39 is 0 Å². The minimum absolute atomic E-state index is 0.510. The predicted octanol–water partition coefficient (Wildman–Crippen LogP) is 1.24. The first-order chi connectivity index (χ1) is 5.08. The van der Waals surface area contributed by atoms with Gasteiger partial charge in [0, 0.05) is 38.7 Å². The van der Waals surface area contributed by atoms with Crippen molar-refractivity contribution in [3.63, 3.8) is 0 Å². The van der Waals surface area contributed by atoms with Crippen LogP contribution in [-0.2, 0) is 0 Å². The van der Waals surface area contributed by atoms with Crippen LogP contribution in [0.4, 0.5) is 0 Å². The van der Waals surface area contributed by atoms with E-state index in [1.807, 2.05) is 14.1 Å². The summed E-state index contributed by atoms with van der Waals surface area (Å²) in [6.45, 7) is 0.907. The zero-order chi connectivity index (χ0) is 8.32. The Morgan fingerprint density at radius 1 is 1.64 bits per heavy atom. The van der Waals surface area contributed by atoms with Crippen LogP contribution in [0.5, 0.6) is 0 Å². The molecule has 1 aliphatic rings. The molecule has 0 aromatic rings. The molecule has 0 fully saturated rings. The second-order valence-corrected chi connectivity index (χ2v) is 3.55. The van der Waals surface area contributed by atoms with Gasteiger partial charge < -0.3 is 4.39 Å². The van der Waals surface area contributed by atoms with Crippen molar-refractivity contribution in [2.45, 2.75) is 6.42 Å². The van der Waals surface area contributed by atoms with Gasteiger partial charge in [0.2, 0.25) is 0 Å². The van der Waals surface area contributed by atoms with Crippen LogP contribution < -0.4 is 0 Å². The van der Waals surface area contributed by atoms with Gasteiger partial charge in [0.15, 0.2) is 0 Å². The molecule has 0 spiro atoms. The van der Waals surface area contributed by atoms with Crippen LogP contribution in [0.25, 0.3) is 0 Å². The maximum absolute atomic E-state index is 5.82. The van der Waals surface area contributed by atoms with E-state index in [2.05, 4.69) is 24.6 Å². The van der Waals surface area contributed by atoms with Crippen LogP contribution in [0, 0.1) is 6.42 Å². The van der Waals surface area contributed by atoms with E-state index in [1.165, 1.54) is 5.57 Å². The highest BCUT2D eigenvalue weighted by Gasteiger charge is 2.09. The predicted molar refractivity (Wildman–Crippen MR) is 48.9 cm³/mol. The van der Waals surface area contributed by atoms with Gasteiger partial charge in [0.05, 0.1) is 13.0 Å². The first-order valence-electron chi connectivity index (χ1n) is 3.88. The van der Waals surface area contributed by atoms with Crippen molar-refractivity contribution >= 4 is 7.98 Å². The van der Waals surface area contributed by atoms with E-state index in [-0.39, 0.29) is 0 Å². The number of quaternary nitrogens is 1. The van der Waals surface area contributed by atoms with Gasteiger partial charge >= 0.3 is 0 Å². The van der Waals surface area contributed by atoms with E-state index in [0.717, 1.165) is 13.0 Å². The normalized spacial score (nSPS) is 17.5. The second-order valence-electron chi connectivity index (χ2n) is 3.55. The Labute approximate surface area is 70.4 Å². The van der Waals surface area contributed by atoms with Crippen LogP contribution in [0.1, 0.15) is 6.42 Å². The van der Waals surface area contributed by atoms with E-state index in [4.69, 9.17) is 7.98 Å². The van der Waals surface area contributed by atoms with Gasteiger partial charge in [-0.05, 0) is 0 Å². The van der Waals surface area contributed by atoms with E-state index in [1.54, 1.807) is 0 Å². The van der Waals surface area contributed by atoms with Crippen molar-refractivity contribution in [1.29, 1.82) is 0 Å². The third-order valence-electron chi connectivity index (χ3n) is 1.55. The number of hydrogen-bond donors (Lipinski definition) is 0. The molecule has 0 atom stereocenters. The highest BCUT2D eigenvalue weighted by atomic mass is 15.2. The van der Waals surface area contributed by atoms with Gasteiger partial charge in [0.1, 0.15) is 5.57 Å². The second kappa shape index (κ2) is 3.18. The first-order valence-corrected chi connectivity index (χ1v) is 3.88. The molecule has 0 unspecified atom stereocenters. The number of rotatable bonds is 2. The lowest BCUT2D eigenvalue weighted by Gasteiger charge is -2.40. The highest BCUT2D eigenvalue weighted by Crippen LogP contribution is 2.11. The fourth-order valence-corrected chi connectivity index (χ4v) is 1.15. The molecule has 0 aromatic carbocycles. The molecule has 1 rings (SSSR count). The number of allylic oxidation sites excluding steroid dienone is 3. The van der Waals surface area contributed by atoms with Crippen LogP contribution in [0.3, 0.4) is 0 Å². The van der Waals surface area contributed by atoms with E-state index in [0.29, 0.717) is 4.39 Å². The molecule has 0 bridgehead atoms. The Morgan fingerprint density at radius 3 is 2.82 bits per heavy atom. The lowest BCUT2D eigenvalue weighted by atomic mass is 10.0. The highest BCUT2D eigenvalue weighted by molar-refractivity contribution is 5.97. The van der Waals surface area contributed by atoms with Crippen LogP contribution in [0.15, 0.2) is 23.8 Å². The maximum Gasteiger partial charge on any atom is 0.107 e. The van der Waals surface area contributed by atoms with Gasteiger partial charge in [-0.15, -0.1) is 0 Å². The molecule has 0 N–H and O–H groups in total. The zero-order valence-corrected chi connectivity index (χ0v) is 7.25. The van der Waals surface area contributed by atoms with Crippen molar-refractivity contribution in [3.8, 4) is 0 Å². The van der Waals surface area contributed by atoms with Gasteiger partial charge in [-0.2, -0.15) is 0 Å². The average molecular weight is 147 g/mol. The molecule has 0 heterocycles. The van der Waals surface area contributed by atoms with E-state index >= 15 is 0 Å². The summed E-state index contributed by atoms with van der Waals surface area (Å²) in [5, 5.41) is 0. The zero-order valence-electron chi connectivity index (χ0n) is 7.25. The van der Waals surface area contributed by atoms with Gasteiger partial charge in [-0.25, -0.2) is 7.98 Å². The number of likely N-dealkylation sites (N-methyl/N-ethyl adjacent to an activating group) is 1. The Balaban J connectivity index is 2.44. The van der Waals surface area contributed by atoms with Crippen LogP contribution in [-0.4, -0.2) is 33.0 Å². The van der Waals surface area contributed by atoms with Crippen LogP contribution >= 0.6 is 0 Å². The Hall–Kier alpha value is -0.625. The van der Waals surface area contributed by atoms with E-state index in [9.17, 15) is 0 Å². The summed E-state index contributed by atoms with van der Waals surface area (Å²) in [4.78, 5) is 0. The third kappa shape index (κ3) is 3.33. The molecule has 3 radical (unpaired) electrons. The van der Waals surface area contributed by atoms with Gasteiger partial charge in [0.25, 0.3) is 0 Å². The maximum atomic E-state index is 5.82. The summed E-state index contributed by atoms with van der Waals surface area (Å²) < 4.78 is 0.510. The summed E-state index contributed by atoms with van der Waals surface area (Å²) in [7, 11) is 9.80. The minimum atomic E-state index is 0.510. The number of nitrogens with zero attached hydrogens (tertiary/aromatic N) is 1. The summed E-state index contributed by atoms with van der Waals surface area (Å²) in [6.07, 6.45) is 9.61. The smallest absolute Gasteiger partial charge is 0.107 e. The van der Waals surface area contributed by atoms with Crippen LogP contribution in [0.2, 0.25) is 0 Å². The molecule has 57 valence electrons. The molecule has 1 nitrogen and oxygen atoms in total. The monoisotopic (exact) mass is 147 g/mol. The molecule has 0 saturated heterocycles. The summed E-state index contributed by atoms with van der Waals surface area (Å²) in [5.41, 5.74) is 1.33.